The molecule has 0 saturated heterocycles. The van der Waals surface area contributed by atoms with Crippen LogP contribution in [0.15, 0.2) is 249 Å². The summed E-state index contributed by atoms with van der Waals surface area (Å²) in [6, 6.07) is 84.1. The predicted molar refractivity (Wildman–Crippen MR) is 319 cm³/mol. The zero-order valence-electron chi connectivity index (χ0n) is 42.8. The van der Waals surface area contributed by atoms with Crippen molar-refractivity contribution in [1.82, 2.24) is 24.1 Å². The quantitative estimate of drug-likeness (QED) is 0.127. The molecule has 3 aromatic heterocycles. The molecular formula is C71H47N7. The number of benzene rings is 10. The van der Waals surface area contributed by atoms with Crippen LogP contribution >= 0.6 is 0 Å². The lowest BCUT2D eigenvalue weighted by Crippen LogP contribution is -2.06. The standard InChI is InChI=1S/C71H47N7/c1-3-17-48(4-2)53-28-34-63-57(40-53)58-41-54(49-18-9-5-10-19-49)29-35-64(58)77(63)67-32-26-46(44-72)38-61(67)70-74-69(52-24-15-8-16-25-52)75-71(76-70)62-39-47(45-73)27-33-68(62)78-65-36-30-55(50-20-11-6-12-21-50)42-59(65)60-43-56(31-37-66(60)78)51-22-13-7-14-23-51/h3-43H,1-2H3/b17-3-,48-4+. The zero-order chi connectivity index (χ0) is 52.7. The third-order valence-electron chi connectivity index (χ3n) is 14.7. The van der Waals surface area contributed by atoms with Gasteiger partial charge in [-0.3, -0.25) is 0 Å². The lowest BCUT2D eigenvalue weighted by Gasteiger charge is -2.17. The molecule has 0 fully saturated rings. The number of nitrogens with zero attached hydrogens (tertiary/aromatic N) is 7. The van der Waals surface area contributed by atoms with Gasteiger partial charge in [-0.05, 0) is 143 Å². The van der Waals surface area contributed by atoms with Crippen LogP contribution in [0.4, 0.5) is 0 Å². The highest BCUT2D eigenvalue weighted by molar-refractivity contribution is 6.13. The van der Waals surface area contributed by atoms with Gasteiger partial charge in [-0.1, -0.05) is 164 Å². The van der Waals surface area contributed by atoms with Crippen LogP contribution in [0.1, 0.15) is 30.5 Å². The van der Waals surface area contributed by atoms with Crippen LogP contribution in [-0.2, 0) is 0 Å². The van der Waals surface area contributed by atoms with Crippen molar-refractivity contribution >= 4 is 49.2 Å². The average molecular weight is 998 g/mol. The summed E-state index contributed by atoms with van der Waals surface area (Å²) in [5.74, 6) is 1.19. The number of hydrogen-bond acceptors (Lipinski definition) is 5. The van der Waals surface area contributed by atoms with Crippen molar-refractivity contribution in [2.75, 3.05) is 0 Å². The topological polar surface area (TPSA) is 96.1 Å². The molecule has 0 N–H and O–H groups in total. The molecule has 13 aromatic rings. The van der Waals surface area contributed by atoms with Crippen LogP contribution in [0.3, 0.4) is 0 Å². The first-order chi connectivity index (χ1) is 38.5. The van der Waals surface area contributed by atoms with E-state index in [0.717, 1.165) is 105 Å². The second kappa shape index (κ2) is 19.8. The summed E-state index contributed by atoms with van der Waals surface area (Å²) in [5.41, 5.74) is 17.4. The number of hydrogen-bond donors (Lipinski definition) is 0. The monoisotopic (exact) mass is 997 g/mol. The van der Waals surface area contributed by atoms with Gasteiger partial charge in [-0.25, -0.2) is 15.0 Å². The molecule has 0 aliphatic carbocycles. The van der Waals surface area contributed by atoms with Crippen molar-refractivity contribution in [1.29, 1.82) is 10.5 Å². The summed E-state index contributed by atoms with van der Waals surface area (Å²) in [4.78, 5) is 16.1. The summed E-state index contributed by atoms with van der Waals surface area (Å²) in [5, 5.41) is 25.5. The fraction of sp³-hybridized carbons (Fsp3) is 0.0282. The highest BCUT2D eigenvalue weighted by Gasteiger charge is 2.24. The Kier molecular flexibility index (Phi) is 12.0. The van der Waals surface area contributed by atoms with Crippen molar-refractivity contribution in [2.24, 2.45) is 0 Å². The molecule has 0 saturated carbocycles. The van der Waals surface area contributed by atoms with Crippen LogP contribution in [0, 0.1) is 22.7 Å². The Bertz CT molecular complexity index is 4530. The number of nitriles is 2. The van der Waals surface area contributed by atoms with Crippen LogP contribution in [0.5, 0.6) is 0 Å². The number of allylic oxidation sites excluding steroid dienone is 4. The maximum absolute atomic E-state index is 10.6. The largest absolute Gasteiger partial charge is 0.308 e. The van der Waals surface area contributed by atoms with E-state index in [2.05, 4.69) is 192 Å². The van der Waals surface area contributed by atoms with Gasteiger partial charge in [0.25, 0.3) is 0 Å². The first kappa shape index (κ1) is 47.0. The second-order valence-electron chi connectivity index (χ2n) is 19.3. The number of rotatable bonds is 10. The molecule has 0 bridgehead atoms. The lowest BCUT2D eigenvalue weighted by molar-refractivity contribution is 1.06. The van der Waals surface area contributed by atoms with Gasteiger partial charge in [0.1, 0.15) is 0 Å². The molecule has 0 radical (unpaired) electrons. The van der Waals surface area contributed by atoms with Crippen molar-refractivity contribution < 1.29 is 0 Å². The zero-order valence-corrected chi connectivity index (χ0v) is 42.8. The first-order valence-electron chi connectivity index (χ1n) is 26.0. The van der Waals surface area contributed by atoms with Gasteiger partial charge in [-0.15, -0.1) is 0 Å². The normalized spacial score (nSPS) is 11.7. The summed E-state index contributed by atoms with van der Waals surface area (Å²) in [7, 11) is 0. The Hall–Kier alpha value is -10.7. The molecule has 0 amide bonds. The van der Waals surface area contributed by atoms with Crippen molar-refractivity contribution in [3.63, 3.8) is 0 Å². The van der Waals surface area contributed by atoms with Crippen molar-refractivity contribution in [2.45, 2.75) is 13.8 Å². The van der Waals surface area contributed by atoms with Gasteiger partial charge in [0.05, 0.1) is 56.7 Å². The molecule has 366 valence electrons. The van der Waals surface area contributed by atoms with Crippen molar-refractivity contribution in [3.8, 4) is 91.1 Å². The van der Waals surface area contributed by atoms with Gasteiger partial charge in [0.2, 0.25) is 0 Å². The minimum Gasteiger partial charge on any atom is -0.308 e. The Morgan fingerprint density at radius 3 is 1.13 bits per heavy atom. The number of aromatic nitrogens is 5. The molecule has 78 heavy (non-hydrogen) atoms. The fourth-order valence-electron chi connectivity index (χ4n) is 11.0. The van der Waals surface area contributed by atoms with Gasteiger partial charge >= 0.3 is 0 Å². The minimum atomic E-state index is 0.373. The van der Waals surface area contributed by atoms with Gasteiger partial charge in [0, 0.05) is 38.2 Å². The van der Waals surface area contributed by atoms with Crippen molar-refractivity contribution in [3.05, 3.63) is 265 Å². The van der Waals surface area contributed by atoms with E-state index in [0.29, 0.717) is 39.7 Å². The SMILES string of the molecule is C/C=C\C(=C/C)c1ccc2c(c1)c1cc(-c3ccccc3)ccc1n2-c1ccc(C#N)cc1-c1nc(-c2ccccc2)nc(-c2cc(C#N)ccc2-n2c3ccc(-c4ccccc4)cc3c3cc(-c4ccccc4)ccc32)n1. The van der Waals surface area contributed by atoms with E-state index in [1.54, 1.807) is 0 Å². The molecule has 0 aliphatic heterocycles. The molecule has 0 unspecified atom stereocenters. The van der Waals surface area contributed by atoms with Crippen LogP contribution < -0.4 is 0 Å². The van der Waals surface area contributed by atoms with Crippen LogP contribution in [0.25, 0.3) is 128 Å². The lowest BCUT2D eigenvalue weighted by atomic mass is 10.00. The molecule has 7 heteroatoms. The Morgan fingerprint density at radius 1 is 0.372 bits per heavy atom. The van der Waals surface area contributed by atoms with Crippen LogP contribution in [-0.4, -0.2) is 24.1 Å². The van der Waals surface area contributed by atoms with Gasteiger partial charge in [-0.2, -0.15) is 10.5 Å². The molecular weight excluding hydrogens is 951 g/mol. The number of fused-ring (bicyclic) bond motifs is 6. The highest BCUT2D eigenvalue weighted by Crippen LogP contribution is 2.43. The molecule has 13 rings (SSSR count). The van der Waals surface area contributed by atoms with E-state index in [9.17, 15) is 10.5 Å². The highest BCUT2D eigenvalue weighted by atomic mass is 15.1. The summed E-state index contributed by atoms with van der Waals surface area (Å²) >= 11 is 0. The minimum absolute atomic E-state index is 0.373. The summed E-state index contributed by atoms with van der Waals surface area (Å²) < 4.78 is 4.53. The van der Waals surface area contributed by atoms with E-state index >= 15 is 0 Å². The molecule has 7 nitrogen and oxygen atoms in total. The molecule has 0 aliphatic rings. The molecule has 0 spiro atoms. The van der Waals surface area contributed by atoms with E-state index in [1.807, 2.05) is 91.9 Å². The summed E-state index contributed by atoms with van der Waals surface area (Å²) in [6.07, 6.45) is 6.34. The van der Waals surface area contributed by atoms with E-state index < -0.39 is 0 Å². The Labute approximate surface area is 451 Å². The second-order valence-corrected chi connectivity index (χ2v) is 19.3. The van der Waals surface area contributed by atoms with Gasteiger partial charge < -0.3 is 9.13 Å². The Morgan fingerprint density at radius 2 is 0.744 bits per heavy atom. The van der Waals surface area contributed by atoms with Gasteiger partial charge in [0.15, 0.2) is 17.5 Å². The maximum atomic E-state index is 10.6. The van der Waals surface area contributed by atoms with Crippen LogP contribution in [0.2, 0.25) is 0 Å². The molecule has 10 aromatic carbocycles. The maximum Gasteiger partial charge on any atom is 0.166 e. The molecule has 3 heterocycles. The van der Waals surface area contributed by atoms with E-state index in [4.69, 9.17) is 15.0 Å². The Balaban J connectivity index is 1.07. The average Bonchev–Trinajstić information content (AvgIpc) is 4.02. The molecule has 0 atom stereocenters. The first-order valence-corrected chi connectivity index (χ1v) is 26.0. The third-order valence-corrected chi connectivity index (χ3v) is 14.7. The predicted octanol–water partition coefficient (Wildman–Crippen LogP) is 17.8. The van der Waals surface area contributed by atoms with E-state index in [-0.39, 0.29) is 0 Å². The third kappa shape index (κ3) is 8.30. The smallest absolute Gasteiger partial charge is 0.166 e. The fourth-order valence-corrected chi connectivity index (χ4v) is 11.0. The van der Waals surface area contributed by atoms with E-state index in [1.165, 1.54) is 0 Å². The summed E-state index contributed by atoms with van der Waals surface area (Å²) in [6.45, 7) is 4.11.